The number of imidazole rings is 1. The number of hydrogen-bond acceptors (Lipinski definition) is 2. The minimum Gasteiger partial charge on any atom is -0.494 e. The van der Waals surface area contributed by atoms with E-state index in [0.717, 1.165) is 0 Å². The van der Waals surface area contributed by atoms with Gasteiger partial charge in [-0.05, 0) is 13.0 Å². The van der Waals surface area contributed by atoms with Crippen molar-refractivity contribution >= 4 is 0 Å². The van der Waals surface area contributed by atoms with Crippen LogP contribution in [0.3, 0.4) is 0 Å². The summed E-state index contributed by atoms with van der Waals surface area (Å²) >= 11 is 0. The van der Waals surface area contributed by atoms with Crippen LogP contribution in [-0.4, -0.2) is 16.2 Å². The Hall–Kier alpha value is -2.04. The van der Waals surface area contributed by atoms with Gasteiger partial charge in [0.1, 0.15) is 0 Å². The summed E-state index contributed by atoms with van der Waals surface area (Å²) in [5.41, 5.74) is 0.296. The molecule has 0 bridgehead atoms. The third kappa shape index (κ3) is 2.16. The Kier molecular flexibility index (Phi) is 3.50. The molecule has 96 valence electrons. The van der Waals surface area contributed by atoms with Gasteiger partial charge in [-0.1, -0.05) is 12.1 Å². The molecule has 0 fully saturated rings. The van der Waals surface area contributed by atoms with Gasteiger partial charge in [0.25, 0.3) is 0 Å². The Morgan fingerprint density at radius 2 is 2.00 bits per heavy atom. The van der Waals surface area contributed by atoms with Gasteiger partial charge in [-0.25, -0.2) is 9.18 Å². The molecule has 1 aromatic heterocycles. The number of rotatable bonds is 4. The van der Waals surface area contributed by atoms with Crippen molar-refractivity contribution in [3.63, 3.8) is 0 Å². The zero-order valence-electron chi connectivity index (χ0n) is 10.4. The topological polar surface area (TPSA) is 36.2 Å². The van der Waals surface area contributed by atoms with E-state index >= 15 is 0 Å². The summed E-state index contributed by atoms with van der Waals surface area (Å²) in [4.78, 5) is 11.8. The number of halogens is 1. The van der Waals surface area contributed by atoms with E-state index in [1.807, 2.05) is 6.92 Å². The van der Waals surface area contributed by atoms with Crippen molar-refractivity contribution < 1.29 is 9.13 Å². The van der Waals surface area contributed by atoms with Crippen molar-refractivity contribution in [1.29, 1.82) is 0 Å². The molecule has 5 heteroatoms. The summed E-state index contributed by atoms with van der Waals surface area (Å²) < 4.78 is 21.9. The van der Waals surface area contributed by atoms with Crippen molar-refractivity contribution in [3.8, 4) is 5.75 Å². The predicted octanol–water partition coefficient (Wildman–Crippen LogP) is 1.87. The predicted molar refractivity (Wildman–Crippen MR) is 66.4 cm³/mol. The fraction of sp³-hybridized carbons (Fsp3) is 0.308. The molecule has 4 nitrogen and oxygen atoms in total. The third-order valence-electron chi connectivity index (χ3n) is 2.86. The van der Waals surface area contributed by atoms with Crippen LogP contribution in [0.4, 0.5) is 4.39 Å². The fourth-order valence-corrected chi connectivity index (χ4v) is 1.83. The normalized spacial score (nSPS) is 10.6. The van der Waals surface area contributed by atoms with Crippen molar-refractivity contribution in [2.75, 3.05) is 7.11 Å². The van der Waals surface area contributed by atoms with E-state index in [9.17, 15) is 9.18 Å². The Labute approximate surface area is 104 Å². The van der Waals surface area contributed by atoms with Crippen LogP contribution >= 0.6 is 0 Å². The van der Waals surface area contributed by atoms with Gasteiger partial charge >= 0.3 is 5.69 Å². The zero-order valence-corrected chi connectivity index (χ0v) is 10.4. The molecular formula is C13H15FN2O2. The molecule has 1 heterocycles. The number of benzene rings is 1. The monoisotopic (exact) mass is 250 g/mol. The number of methoxy groups -OCH3 is 1. The maximum absolute atomic E-state index is 13.9. The zero-order chi connectivity index (χ0) is 13.1. The first-order chi connectivity index (χ1) is 8.67. The molecule has 0 aliphatic carbocycles. The molecule has 0 N–H and O–H groups in total. The molecule has 0 aliphatic heterocycles. The summed E-state index contributed by atoms with van der Waals surface area (Å²) in [7, 11) is 1.42. The average Bonchev–Trinajstić information content (AvgIpc) is 2.73. The molecule has 0 radical (unpaired) electrons. The van der Waals surface area contributed by atoms with Crippen LogP contribution < -0.4 is 10.4 Å². The van der Waals surface area contributed by atoms with Gasteiger partial charge < -0.3 is 4.74 Å². The van der Waals surface area contributed by atoms with Crippen molar-refractivity contribution in [3.05, 3.63) is 52.5 Å². The number of ether oxygens (including phenoxy) is 1. The maximum Gasteiger partial charge on any atom is 0.328 e. The Morgan fingerprint density at radius 1 is 1.28 bits per heavy atom. The molecule has 0 amide bonds. The third-order valence-corrected chi connectivity index (χ3v) is 2.86. The van der Waals surface area contributed by atoms with Gasteiger partial charge in [0.05, 0.1) is 13.7 Å². The van der Waals surface area contributed by atoms with E-state index < -0.39 is 5.82 Å². The van der Waals surface area contributed by atoms with Gasteiger partial charge in [-0.3, -0.25) is 9.13 Å². The van der Waals surface area contributed by atoms with Gasteiger partial charge in [0.15, 0.2) is 11.6 Å². The standard InChI is InChI=1S/C13H15FN2O2/c1-3-15-7-8-16(13(15)17)9-10-5-4-6-11(18-2)12(10)14/h4-8H,3,9H2,1-2H3. The Balaban J connectivity index is 2.34. The van der Waals surface area contributed by atoms with Gasteiger partial charge in [0, 0.05) is 24.5 Å². The van der Waals surface area contributed by atoms with Crippen LogP contribution in [0, 0.1) is 5.82 Å². The van der Waals surface area contributed by atoms with Crippen LogP contribution in [0.15, 0.2) is 35.4 Å². The van der Waals surface area contributed by atoms with Crippen LogP contribution in [0.1, 0.15) is 12.5 Å². The minimum absolute atomic E-state index is 0.139. The Bertz CT molecular complexity index is 601. The quantitative estimate of drug-likeness (QED) is 0.830. The molecule has 0 aliphatic rings. The molecule has 18 heavy (non-hydrogen) atoms. The first kappa shape index (κ1) is 12.4. The van der Waals surface area contributed by atoms with E-state index in [4.69, 9.17) is 4.74 Å². The van der Waals surface area contributed by atoms with Gasteiger partial charge in [0.2, 0.25) is 0 Å². The van der Waals surface area contributed by atoms with E-state index in [0.29, 0.717) is 12.1 Å². The number of aryl methyl sites for hydroxylation is 1. The smallest absolute Gasteiger partial charge is 0.328 e. The summed E-state index contributed by atoms with van der Waals surface area (Å²) in [6.07, 6.45) is 3.35. The summed E-state index contributed by atoms with van der Waals surface area (Å²) in [5, 5.41) is 0. The number of aromatic nitrogens is 2. The molecule has 2 aromatic rings. The second-order valence-corrected chi connectivity index (χ2v) is 3.93. The highest BCUT2D eigenvalue weighted by molar-refractivity contribution is 5.31. The van der Waals surface area contributed by atoms with Gasteiger partial charge in [-0.15, -0.1) is 0 Å². The molecule has 0 atom stereocenters. The second kappa shape index (κ2) is 5.08. The second-order valence-electron chi connectivity index (χ2n) is 3.93. The highest BCUT2D eigenvalue weighted by Gasteiger charge is 2.10. The van der Waals surface area contributed by atoms with E-state index in [2.05, 4.69) is 0 Å². The van der Waals surface area contributed by atoms with Crippen molar-refractivity contribution in [2.45, 2.75) is 20.0 Å². The highest BCUT2D eigenvalue weighted by Crippen LogP contribution is 2.20. The minimum atomic E-state index is -0.420. The first-order valence-electron chi connectivity index (χ1n) is 5.74. The molecular weight excluding hydrogens is 235 g/mol. The molecule has 0 unspecified atom stereocenters. The summed E-state index contributed by atoms with van der Waals surface area (Å²) in [6, 6.07) is 4.91. The molecule has 0 spiro atoms. The summed E-state index contributed by atoms with van der Waals surface area (Å²) in [5.74, 6) is -0.230. The van der Waals surface area contributed by atoms with Crippen LogP contribution in [-0.2, 0) is 13.1 Å². The number of nitrogens with zero attached hydrogens (tertiary/aromatic N) is 2. The molecule has 2 rings (SSSR count). The first-order valence-corrected chi connectivity index (χ1v) is 5.74. The molecule has 1 aromatic carbocycles. The van der Waals surface area contributed by atoms with Crippen molar-refractivity contribution in [2.24, 2.45) is 0 Å². The average molecular weight is 250 g/mol. The maximum atomic E-state index is 13.9. The lowest BCUT2D eigenvalue weighted by Crippen LogP contribution is -2.24. The molecule has 0 saturated carbocycles. The lowest BCUT2D eigenvalue weighted by atomic mass is 10.2. The highest BCUT2D eigenvalue weighted by atomic mass is 19.1. The van der Waals surface area contributed by atoms with Crippen LogP contribution in [0.25, 0.3) is 0 Å². The van der Waals surface area contributed by atoms with E-state index in [1.54, 1.807) is 35.2 Å². The van der Waals surface area contributed by atoms with Crippen LogP contribution in [0.2, 0.25) is 0 Å². The van der Waals surface area contributed by atoms with Gasteiger partial charge in [-0.2, -0.15) is 0 Å². The summed E-state index contributed by atoms with van der Waals surface area (Å²) in [6.45, 7) is 2.69. The SMILES string of the molecule is CCn1ccn(Cc2cccc(OC)c2F)c1=O. The van der Waals surface area contributed by atoms with Crippen LogP contribution in [0.5, 0.6) is 5.75 Å². The van der Waals surface area contributed by atoms with E-state index in [1.165, 1.54) is 11.7 Å². The largest absolute Gasteiger partial charge is 0.494 e. The fourth-order valence-electron chi connectivity index (χ4n) is 1.83. The lowest BCUT2D eigenvalue weighted by molar-refractivity contribution is 0.383. The van der Waals surface area contributed by atoms with Crippen molar-refractivity contribution in [1.82, 2.24) is 9.13 Å². The molecule has 0 saturated heterocycles. The van der Waals surface area contributed by atoms with E-state index in [-0.39, 0.29) is 18.0 Å². The lowest BCUT2D eigenvalue weighted by Gasteiger charge is -2.07. The number of hydrogen-bond donors (Lipinski definition) is 0. The Morgan fingerprint density at radius 3 is 2.61 bits per heavy atom.